The Morgan fingerprint density at radius 2 is 2.17 bits per heavy atom. The van der Waals surface area contributed by atoms with Gasteiger partial charge in [0.05, 0.1) is 5.60 Å². The quantitative estimate of drug-likeness (QED) is 0.828. The molecule has 2 rings (SSSR count). The lowest BCUT2D eigenvalue weighted by Gasteiger charge is -2.23. The first-order valence-corrected chi connectivity index (χ1v) is 8.13. The number of phenolic OH excluding ortho intramolecular Hbond substituents is 1. The molecule has 0 unspecified atom stereocenters. The lowest BCUT2D eigenvalue weighted by atomic mass is 10.1. The Labute approximate surface area is 139 Å². The summed E-state index contributed by atoms with van der Waals surface area (Å²) in [6, 6.07) is 4.91. The van der Waals surface area contributed by atoms with Crippen molar-refractivity contribution in [1.29, 1.82) is 0 Å². The first-order valence-electron chi connectivity index (χ1n) is 7.14. The van der Waals surface area contributed by atoms with Crippen LogP contribution >= 0.6 is 11.8 Å². The summed E-state index contributed by atoms with van der Waals surface area (Å²) >= 11 is 1.32. The van der Waals surface area contributed by atoms with Crippen molar-refractivity contribution in [2.75, 3.05) is 19.5 Å². The third-order valence-electron chi connectivity index (χ3n) is 3.64. The van der Waals surface area contributed by atoms with Crippen molar-refractivity contribution < 1.29 is 24.5 Å². The molecule has 1 aliphatic heterocycles. The molecule has 2 N–H and O–H groups in total. The fourth-order valence-corrected chi connectivity index (χ4v) is 3.04. The minimum atomic E-state index is -1.15. The van der Waals surface area contributed by atoms with Gasteiger partial charge >= 0.3 is 5.97 Å². The summed E-state index contributed by atoms with van der Waals surface area (Å²) in [7, 11) is 1.61. The second-order valence-electron chi connectivity index (χ2n) is 6.22. The highest BCUT2D eigenvalue weighted by Crippen LogP contribution is 2.35. The number of rotatable bonds is 6. The molecule has 6 nitrogen and oxygen atoms in total. The molecule has 0 aliphatic carbocycles. The van der Waals surface area contributed by atoms with Gasteiger partial charge in [-0.05, 0) is 32.9 Å². The van der Waals surface area contributed by atoms with E-state index in [4.69, 9.17) is 9.47 Å². The summed E-state index contributed by atoms with van der Waals surface area (Å²) in [5.41, 5.74) is -1.06. The van der Waals surface area contributed by atoms with Crippen molar-refractivity contribution in [3.05, 3.63) is 23.8 Å². The highest BCUT2D eigenvalue weighted by Gasteiger charge is 2.39. The van der Waals surface area contributed by atoms with Crippen molar-refractivity contribution in [2.45, 2.75) is 31.9 Å². The molecule has 23 heavy (non-hydrogen) atoms. The predicted octanol–water partition coefficient (Wildman–Crippen LogP) is 2.53. The lowest BCUT2D eigenvalue weighted by Crippen LogP contribution is -2.33. The van der Waals surface area contributed by atoms with Crippen molar-refractivity contribution in [3.63, 3.8) is 0 Å². The van der Waals surface area contributed by atoms with Gasteiger partial charge in [-0.25, -0.2) is 4.79 Å². The molecule has 1 atom stereocenters. The summed E-state index contributed by atoms with van der Waals surface area (Å²) in [5.74, 6) is -0.0991. The second kappa shape index (κ2) is 6.41. The van der Waals surface area contributed by atoms with Gasteiger partial charge in [-0.3, -0.25) is 4.99 Å². The molecule has 0 saturated carbocycles. The molecule has 7 heteroatoms. The number of nitrogens with zero attached hydrogens (tertiary/aromatic N) is 1. The molecule has 0 aromatic heterocycles. The van der Waals surface area contributed by atoms with Gasteiger partial charge in [0.15, 0.2) is 5.54 Å². The van der Waals surface area contributed by atoms with Crippen LogP contribution in [-0.2, 0) is 9.53 Å². The monoisotopic (exact) mass is 339 g/mol. The van der Waals surface area contributed by atoms with E-state index < -0.39 is 17.1 Å². The maximum atomic E-state index is 11.2. The number of phenols is 1. The zero-order chi connectivity index (χ0) is 17.3. The molecule has 0 amide bonds. The van der Waals surface area contributed by atoms with Gasteiger partial charge in [0.25, 0.3) is 0 Å². The minimum Gasteiger partial charge on any atom is -0.507 e. The Kier molecular flexibility index (Phi) is 4.91. The molecule has 126 valence electrons. The molecule has 1 aromatic carbocycles. The minimum absolute atomic E-state index is 0.0126. The number of carboxylic acids is 1. The zero-order valence-electron chi connectivity index (χ0n) is 13.6. The number of benzene rings is 1. The maximum absolute atomic E-state index is 11.2. The number of aromatic hydroxyl groups is 1. The fraction of sp³-hybridized carbons (Fsp3) is 0.500. The van der Waals surface area contributed by atoms with Gasteiger partial charge in [0, 0.05) is 24.5 Å². The topological polar surface area (TPSA) is 88.4 Å². The summed E-state index contributed by atoms with van der Waals surface area (Å²) < 4.78 is 10.9. The van der Waals surface area contributed by atoms with Gasteiger partial charge in [-0.2, -0.15) is 0 Å². The zero-order valence-corrected chi connectivity index (χ0v) is 14.4. The van der Waals surface area contributed by atoms with Crippen molar-refractivity contribution in [1.82, 2.24) is 0 Å². The fourth-order valence-electron chi connectivity index (χ4n) is 1.84. The van der Waals surface area contributed by atoms with E-state index >= 15 is 0 Å². The number of ether oxygens (including phenoxy) is 2. The van der Waals surface area contributed by atoms with Crippen LogP contribution in [0.1, 0.15) is 26.3 Å². The van der Waals surface area contributed by atoms with Gasteiger partial charge in [0.2, 0.25) is 0 Å². The Morgan fingerprint density at radius 3 is 2.70 bits per heavy atom. The van der Waals surface area contributed by atoms with Crippen LogP contribution in [0.4, 0.5) is 0 Å². The molecule has 1 heterocycles. The molecule has 0 bridgehead atoms. The molecule has 0 spiro atoms. The Balaban J connectivity index is 2.16. The van der Waals surface area contributed by atoms with Crippen LogP contribution < -0.4 is 4.74 Å². The maximum Gasteiger partial charge on any atom is 0.332 e. The second-order valence-corrected chi connectivity index (χ2v) is 7.18. The molecule has 0 fully saturated rings. The number of carboxylic acid groups (broad SMARTS) is 1. The smallest absolute Gasteiger partial charge is 0.332 e. The first-order chi connectivity index (χ1) is 10.7. The molecular weight excluding hydrogens is 318 g/mol. The SMILES string of the molecule is COC(C)(C)COc1ccc(C2=N[C@@](C)(C(=O)O)CS2)c(O)c1. The van der Waals surface area contributed by atoms with Crippen LogP contribution in [0.25, 0.3) is 0 Å². The molecular formula is C16H21NO5S. The third-order valence-corrected chi connectivity index (χ3v) is 4.93. The van der Waals surface area contributed by atoms with E-state index in [1.165, 1.54) is 17.8 Å². The lowest BCUT2D eigenvalue weighted by molar-refractivity contribution is -0.141. The number of methoxy groups -OCH3 is 1. The van der Waals surface area contributed by atoms with Crippen LogP contribution in [-0.4, -0.2) is 51.8 Å². The number of hydrogen-bond acceptors (Lipinski definition) is 6. The van der Waals surface area contributed by atoms with E-state index in [0.717, 1.165) is 0 Å². The van der Waals surface area contributed by atoms with Crippen LogP contribution in [0.3, 0.4) is 0 Å². The molecule has 1 aliphatic rings. The largest absolute Gasteiger partial charge is 0.507 e. The summed E-state index contributed by atoms with van der Waals surface area (Å²) in [6.07, 6.45) is 0. The van der Waals surface area contributed by atoms with Crippen molar-refractivity contribution >= 4 is 22.8 Å². The van der Waals surface area contributed by atoms with E-state index in [1.807, 2.05) is 13.8 Å². The van der Waals surface area contributed by atoms with E-state index in [1.54, 1.807) is 26.2 Å². The van der Waals surface area contributed by atoms with E-state index in [0.29, 0.717) is 28.7 Å². The number of thioether (sulfide) groups is 1. The summed E-state index contributed by atoms with van der Waals surface area (Å²) in [6.45, 7) is 5.71. The molecule has 0 saturated heterocycles. The van der Waals surface area contributed by atoms with E-state index in [-0.39, 0.29) is 5.75 Å². The van der Waals surface area contributed by atoms with E-state index in [9.17, 15) is 15.0 Å². The first kappa shape index (κ1) is 17.6. The number of carbonyl (C=O) groups is 1. The van der Waals surface area contributed by atoms with Crippen LogP contribution in [0.15, 0.2) is 23.2 Å². The van der Waals surface area contributed by atoms with Crippen LogP contribution in [0, 0.1) is 0 Å². The summed E-state index contributed by atoms with van der Waals surface area (Å²) in [4.78, 5) is 15.5. The van der Waals surface area contributed by atoms with Crippen molar-refractivity contribution in [3.8, 4) is 11.5 Å². The molecule has 1 aromatic rings. The Morgan fingerprint density at radius 1 is 1.48 bits per heavy atom. The van der Waals surface area contributed by atoms with Crippen molar-refractivity contribution in [2.24, 2.45) is 4.99 Å². The van der Waals surface area contributed by atoms with E-state index in [2.05, 4.69) is 4.99 Å². The third kappa shape index (κ3) is 3.97. The highest BCUT2D eigenvalue weighted by atomic mass is 32.2. The van der Waals surface area contributed by atoms with Gasteiger partial charge in [-0.15, -0.1) is 11.8 Å². The average molecular weight is 339 g/mol. The van der Waals surface area contributed by atoms with Gasteiger partial charge in [0.1, 0.15) is 23.1 Å². The number of aliphatic carboxylic acids is 1. The number of aliphatic imine (C=N–C) groups is 1. The highest BCUT2D eigenvalue weighted by molar-refractivity contribution is 8.14. The van der Waals surface area contributed by atoms with Crippen LogP contribution in [0.2, 0.25) is 0 Å². The van der Waals surface area contributed by atoms with Crippen LogP contribution in [0.5, 0.6) is 11.5 Å². The average Bonchev–Trinajstić information content (AvgIpc) is 2.89. The van der Waals surface area contributed by atoms with Gasteiger partial charge < -0.3 is 19.7 Å². The Hall–Kier alpha value is -1.73. The summed E-state index contributed by atoms with van der Waals surface area (Å²) in [5, 5.41) is 19.9. The number of hydrogen-bond donors (Lipinski definition) is 2. The predicted molar refractivity (Wildman–Crippen MR) is 89.7 cm³/mol. The standard InChI is InChI=1S/C16H21NO5S/c1-15(2,21-4)8-22-10-5-6-11(12(18)7-10)13-17-16(3,9-23-13)14(19)20/h5-7,18H,8-9H2,1-4H3,(H,19,20)/t16-/m1/s1. The van der Waals surface area contributed by atoms with Gasteiger partial charge in [-0.1, -0.05) is 0 Å². The molecule has 0 radical (unpaired) electrons. The Bertz CT molecular complexity index is 643. The normalized spacial score (nSPS) is 21.1.